The average Bonchev–Trinajstić information content (AvgIpc) is 2.27. The van der Waals surface area contributed by atoms with E-state index in [1.165, 1.54) is 6.20 Å². The first kappa shape index (κ1) is 11.5. The topological polar surface area (TPSA) is 111 Å². The average molecular weight is 214 g/mol. The smallest absolute Gasteiger partial charge is 0.145 e. The van der Waals surface area contributed by atoms with Crippen LogP contribution < -0.4 is 11.1 Å². The van der Waals surface area contributed by atoms with Gasteiger partial charge in [-0.25, -0.2) is 9.97 Å². The number of allylic oxidation sites excluding steroid dienone is 1. The van der Waals surface area contributed by atoms with E-state index < -0.39 is 0 Å². The maximum Gasteiger partial charge on any atom is 0.145 e. The molecule has 80 valence electrons. The lowest BCUT2D eigenvalue weighted by molar-refractivity contribution is 0.849. The number of aryl methyl sites for hydroxylation is 1. The Labute approximate surface area is 93.0 Å². The molecule has 0 bridgehead atoms. The lowest BCUT2D eigenvalue weighted by Crippen LogP contribution is -2.10. The van der Waals surface area contributed by atoms with E-state index in [2.05, 4.69) is 15.3 Å². The van der Waals surface area contributed by atoms with Gasteiger partial charge in [0.1, 0.15) is 29.4 Å². The number of anilines is 1. The third-order valence-corrected chi connectivity index (χ3v) is 1.80. The van der Waals surface area contributed by atoms with Gasteiger partial charge >= 0.3 is 0 Å². The zero-order valence-corrected chi connectivity index (χ0v) is 8.73. The highest BCUT2D eigenvalue weighted by molar-refractivity contribution is 5.38. The molecule has 0 aliphatic rings. The monoisotopic (exact) mass is 214 g/mol. The summed E-state index contributed by atoms with van der Waals surface area (Å²) >= 11 is 0. The standard InChI is InChI=1S/C10H10N6/c1-7-15-6-9(10(13)16-7)5-14-4-8(2-11)3-12/h4,6,14H,5H2,1H3,(H2,13,15,16). The molecule has 1 rings (SSSR count). The van der Waals surface area contributed by atoms with Gasteiger partial charge in [0.05, 0.1) is 0 Å². The van der Waals surface area contributed by atoms with Crippen LogP contribution in [0, 0.1) is 29.6 Å². The molecule has 0 amide bonds. The van der Waals surface area contributed by atoms with E-state index in [1.54, 1.807) is 25.3 Å². The largest absolute Gasteiger partial charge is 0.385 e. The summed E-state index contributed by atoms with van der Waals surface area (Å²) in [4.78, 5) is 7.98. The molecule has 0 saturated heterocycles. The van der Waals surface area contributed by atoms with Crippen molar-refractivity contribution in [3.05, 3.63) is 29.4 Å². The molecule has 6 nitrogen and oxygen atoms in total. The van der Waals surface area contributed by atoms with Gasteiger partial charge in [0, 0.05) is 24.5 Å². The Balaban J connectivity index is 2.67. The zero-order valence-electron chi connectivity index (χ0n) is 8.73. The fraction of sp³-hybridized carbons (Fsp3) is 0.200. The van der Waals surface area contributed by atoms with Gasteiger partial charge in [0.25, 0.3) is 0 Å². The van der Waals surface area contributed by atoms with E-state index in [4.69, 9.17) is 16.3 Å². The van der Waals surface area contributed by atoms with Crippen molar-refractivity contribution in [2.24, 2.45) is 0 Å². The number of rotatable bonds is 3. The van der Waals surface area contributed by atoms with Crippen LogP contribution in [0.5, 0.6) is 0 Å². The summed E-state index contributed by atoms with van der Waals surface area (Å²) in [6.45, 7) is 2.12. The SMILES string of the molecule is Cc1ncc(CNC=C(C#N)C#N)c(N)n1. The van der Waals surface area contributed by atoms with Crippen LogP contribution >= 0.6 is 0 Å². The van der Waals surface area contributed by atoms with Crippen LogP contribution in [0.2, 0.25) is 0 Å². The maximum atomic E-state index is 8.48. The van der Waals surface area contributed by atoms with Gasteiger partial charge in [0.2, 0.25) is 0 Å². The number of nitrogen functional groups attached to an aromatic ring is 1. The Morgan fingerprint density at radius 2 is 2.25 bits per heavy atom. The summed E-state index contributed by atoms with van der Waals surface area (Å²) in [6, 6.07) is 3.47. The minimum Gasteiger partial charge on any atom is -0.385 e. The molecule has 0 aliphatic heterocycles. The molecule has 0 spiro atoms. The number of aromatic nitrogens is 2. The van der Waals surface area contributed by atoms with E-state index in [0.717, 1.165) is 5.56 Å². The van der Waals surface area contributed by atoms with Crippen molar-refractivity contribution >= 4 is 5.82 Å². The van der Waals surface area contributed by atoms with Crippen molar-refractivity contribution in [2.75, 3.05) is 5.73 Å². The van der Waals surface area contributed by atoms with Gasteiger partial charge in [-0.15, -0.1) is 0 Å². The fourth-order valence-corrected chi connectivity index (χ4v) is 1.00. The number of hydrogen-bond acceptors (Lipinski definition) is 6. The van der Waals surface area contributed by atoms with Gasteiger partial charge in [0.15, 0.2) is 0 Å². The van der Waals surface area contributed by atoms with E-state index in [-0.39, 0.29) is 5.57 Å². The summed E-state index contributed by atoms with van der Waals surface area (Å²) < 4.78 is 0. The number of nitrogens with one attached hydrogen (secondary N) is 1. The first-order valence-corrected chi connectivity index (χ1v) is 4.49. The molecule has 16 heavy (non-hydrogen) atoms. The third-order valence-electron chi connectivity index (χ3n) is 1.80. The van der Waals surface area contributed by atoms with Gasteiger partial charge < -0.3 is 11.1 Å². The maximum absolute atomic E-state index is 8.48. The van der Waals surface area contributed by atoms with Crippen molar-refractivity contribution < 1.29 is 0 Å². The molecule has 0 saturated carbocycles. The van der Waals surface area contributed by atoms with Crippen molar-refractivity contribution in [1.29, 1.82) is 10.5 Å². The van der Waals surface area contributed by atoms with Crippen molar-refractivity contribution in [3.63, 3.8) is 0 Å². The third kappa shape index (κ3) is 2.96. The van der Waals surface area contributed by atoms with E-state index in [0.29, 0.717) is 18.2 Å². The molecule has 0 aliphatic carbocycles. The van der Waals surface area contributed by atoms with Crippen LogP contribution in [-0.4, -0.2) is 9.97 Å². The second kappa shape index (κ2) is 5.32. The van der Waals surface area contributed by atoms with E-state index in [9.17, 15) is 0 Å². The van der Waals surface area contributed by atoms with Crippen LogP contribution in [0.4, 0.5) is 5.82 Å². The minimum absolute atomic E-state index is 0.00611. The normalized spacial score (nSPS) is 8.69. The number of nitriles is 2. The molecule has 0 unspecified atom stereocenters. The summed E-state index contributed by atoms with van der Waals surface area (Å²) in [5, 5.41) is 19.8. The van der Waals surface area contributed by atoms with Crippen LogP contribution in [0.3, 0.4) is 0 Å². The van der Waals surface area contributed by atoms with Crippen LogP contribution in [-0.2, 0) is 6.54 Å². The van der Waals surface area contributed by atoms with Crippen molar-refractivity contribution in [2.45, 2.75) is 13.5 Å². The molecule has 0 aromatic carbocycles. The van der Waals surface area contributed by atoms with Gasteiger partial charge in [-0.3, -0.25) is 0 Å². The van der Waals surface area contributed by atoms with Crippen molar-refractivity contribution in [1.82, 2.24) is 15.3 Å². The van der Waals surface area contributed by atoms with Gasteiger partial charge in [-0.2, -0.15) is 10.5 Å². The van der Waals surface area contributed by atoms with E-state index >= 15 is 0 Å². The Morgan fingerprint density at radius 1 is 1.56 bits per heavy atom. The zero-order chi connectivity index (χ0) is 12.0. The highest BCUT2D eigenvalue weighted by Gasteiger charge is 2.00. The summed E-state index contributed by atoms with van der Waals surface area (Å²) in [5.74, 6) is 0.996. The molecule has 1 aromatic rings. The first-order valence-electron chi connectivity index (χ1n) is 4.49. The molecule has 1 aromatic heterocycles. The predicted octanol–water partition coefficient (Wildman–Crippen LogP) is 0.388. The second-order valence-corrected chi connectivity index (χ2v) is 2.99. The quantitative estimate of drug-likeness (QED) is 0.704. The van der Waals surface area contributed by atoms with Crippen LogP contribution in [0.15, 0.2) is 18.0 Å². The predicted molar refractivity (Wildman–Crippen MR) is 57.3 cm³/mol. The summed E-state index contributed by atoms with van der Waals surface area (Å²) in [6.07, 6.45) is 2.94. The Morgan fingerprint density at radius 3 is 2.81 bits per heavy atom. The second-order valence-electron chi connectivity index (χ2n) is 2.99. The van der Waals surface area contributed by atoms with Gasteiger partial charge in [-0.1, -0.05) is 0 Å². The lowest BCUT2D eigenvalue weighted by atomic mass is 10.3. The number of nitrogens with two attached hydrogens (primary N) is 1. The molecule has 0 atom stereocenters. The Hall–Kier alpha value is -2.60. The number of hydrogen-bond donors (Lipinski definition) is 2. The molecule has 6 heteroatoms. The Kier molecular flexibility index (Phi) is 3.82. The Bertz CT molecular complexity index is 475. The summed E-state index contributed by atoms with van der Waals surface area (Å²) in [7, 11) is 0. The molecular weight excluding hydrogens is 204 g/mol. The molecule has 1 heterocycles. The summed E-state index contributed by atoms with van der Waals surface area (Å²) in [5.41, 5.74) is 6.39. The highest BCUT2D eigenvalue weighted by Crippen LogP contribution is 2.06. The molecule has 3 N–H and O–H groups in total. The molecular formula is C10H10N6. The van der Waals surface area contributed by atoms with Crippen molar-refractivity contribution in [3.8, 4) is 12.1 Å². The lowest BCUT2D eigenvalue weighted by Gasteiger charge is -2.04. The van der Waals surface area contributed by atoms with Gasteiger partial charge in [-0.05, 0) is 6.92 Å². The van der Waals surface area contributed by atoms with E-state index in [1.807, 2.05) is 0 Å². The first-order chi connectivity index (χ1) is 7.67. The molecule has 0 radical (unpaired) electrons. The molecule has 0 fully saturated rings. The number of nitrogens with zero attached hydrogens (tertiary/aromatic N) is 4. The minimum atomic E-state index is 0.00611. The van der Waals surface area contributed by atoms with Crippen LogP contribution in [0.25, 0.3) is 0 Å². The fourth-order valence-electron chi connectivity index (χ4n) is 1.00. The highest BCUT2D eigenvalue weighted by atomic mass is 14.9. The van der Waals surface area contributed by atoms with Crippen LogP contribution in [0.1, 0.15) is 11.4 Å².